The van der Waals surface area contributed by atoms with E-state index in [1.54, 1.807) is 43.3 Å². The highest BCUT2D eigenvalue weighted by Gasteiger charge is 2.26. The SMILES string of the molecule is CN(C)c1ccc(C(=O)O)c(Oc2nc(Oc3cccc(-c4cccc(CN)c4)c3)c(F)c(N(C)C)c2F)c1. The van der Waals surface area contributed by atoms with E-state index in [4.69, 9.17) is 15.2 Å². The molecule has 0 spiro atoms. The molecule has 10 heteroatoms. The molecule has 39 heavy (non-hydrogen) atoms. The van der Waals surface area contributed by atoms with Gasteiger partial charge in [0.2, 0.25) is 11.6 Å². The second kappa shape index (κ2) is 11.4. The van der Waals surface area contributed by atoms with E-state index in [1.165, 1.54) is 31.1 Å². The molecule has 0 atom stereocenters. The Balaban J connectivity index is 1.77. The minimum atomic E-state index is -1.28. The van der Waals surface area contributed by atoms with Crippen molar-refractivity contribution in [2.75, 3.05) is 38.0 Å². The number of hydrogen-bond acceptors (Lipinski definition) is 7. The molecule has 0 unspecified atom stereocenters. The molecule has 0 radical (unpaired) electrons. The van der Waals surface area contributed by atoms with Gasteiger partial charge in [-0.05, 0) is 47.0 Å². The van der Waals surface area contributed by atoms with Crippen molar-refractivity contribution >= 4 is 17.3 Å². The summed E-state index contributed by atoms with van der Waals surface area (Å²) in [6.45, 7) is 0.381. The molecule has 202 valence electrons. The maximum atomic E-state index is 15.4. The van der Waals surface area contributed by atoms with E-state index < -0.39 is 35.1 Å². The first-order valence-electron chi connectivity index (χ1n) is 11.9. The van der Waals surface area contributed by atoms with Gasteiger partial charge in [0.05, 0.1) is 0 Å². The number of hydrogen-bond donors (Lipinski definition) is 2. The monoisotopic (exact) mass is 534 g/mol. The Labute approximate surface area is 224 Å². The Morgan fingerprint density at radius 3 is 2.13 bits per heavy atom. The van der Waals surface area contributed by atoms with Crippen LogP contribution in [0.15, 0.2) is 66.7 Å². The second-order valence-electron chi connectivity index (χ2n) is 9.11. The number of pyridine rings is 1. The third kappa shape index (κ3) is 5.91. The van der Waals surface area contributed by atoms with Crippen LogP contribution in [0.1, 0.15) is 15.9 Å². The van der Waals surface area contributed by atoms with E-state index in [0.717, 1.165) is 16.7 Å². The largest absolute Gasteiger partial charge is 0.478 e. The lowest BCUT2D eigenvalue weighted by atomic mass is 10.0. The molecule has 1 aromatic heterocycles. The molecule has 0 aliphatic rings. The molecule has 0 amide bonds. The van der Waals surface area contributed by atoms with Crippen LogP contribution in [-0.2, 0) is 6.54 Å². The maximum absolute atomic E-state index is 15.4. The topological polar surface area (TPSA) is 101 Å². The van der Waals surface area contributed by atoms with Crippen LogP contribution in [0.25, 0.3) is 11.1 Å². The molecule has 8 nitrogen and oxygen atoms in total. The van der Waals surface area contributed by atoms with Crippen molar-refractivity contribution < 1.29 is 28.2 Å². The van der Waals surface area contributed by atoms with Crippen molar-refractivity contribution in [1.29, 1.82) is 0 Å². The van der Waals surface area contributed by atoms with Gasteiger partial charge in [-0.2, -0.15) is 13.8 Å². The minimum absolute atomic E-state index is 0.163. The van der Waals surface area contributed by atoms with Crippen LogP contribution in [0.4, 0.5) is 20.2 Å². The van der Waals surface area contributed by atoms with Crippen molar-refractivity contribution in [3.8, 4) is 34.4 Å². The lowest BCUT2D eigenvalue weighted by molar-refractivity contribution is 0.0694. The molecule has 3 aromatic carbocycles. The summed E-state index contributed by atoms with van der Waals surface area (Å²) >= 11 is 0. The van der Waals surface area contributed by atoms with Crippen molar-refractivity contribution in [3.63, 3.8) is 0 Å². The molecule has 3 N–H and O–H groups in total. The molecule has 1 heterocycles. The number of ether oxygens (including phenoxy) is 2. The number of rotatable bonds is 9. The fraction of sp³-hybridized carbons (Fsp3) is 0.172. The van der Waals surface area contributed by atoms with Crippen molar-refractivity contribution in [2.24, 2.45) is 5.73 Å². The average molecular weight is 535 g/mol. The lowest BCUT2D eigenvalue weighted by Gasteiger charge is -2.20. The van der Waals surface area contributed by atoms with Crippen LogP contribution < -0.4 is 25.0 Å². The van der Waals surface area contributed by atoms with Gasteiger partial charge >= 0.3 is 5.97 Å². The summed E-state index contributed by atoms with van der Waals surface area (Å²) in [6, 6.07) is 18.9. The van der Waals surface area contributed by atoms with E-state index in [2.05, 4.69) is 4.98 Å². The molecule has 0 bridgehead atoms. The Hall–Kier alpha value is -4.70. The summed E-state index contributed by atoms with van der Waals surface area (Å²) < 4.78 is 42.3. The fourth-order valence-corrected chi connectivity index (χ4v) is 3.90. The Morgan fingerprint density at radius 2 is 1.51 bits per heavy atom. The van der Waals surface area contributed by atoms with E-state index in [-0.39, 0.29) is 17.1 Å². The highest BCUT2D eigenvalue weighted by Crippen LogP contribution is 2.39. The highest BCUT2D eigenvalue weighted by atomic mass is 19.1. The van der Waals surface area contributed by atoms with Gasteiger partial charge in [0.25, 0.3) is 11.8 Å². The molecule has 0 fully saturated rings. The van der Waals surface area contributed by atoms with Gasteiger partial charge in [-0.25, -0.2) is 4.79 Å². The van der Waals surface area contributed by atoms with Gasteiger partial charge in [-0.3, -0.25) is 0 Å². The molecule has 0 saturated carbocycles. The summed E-state index contributed by atoms with van der Waals surface area (Å²) in [5, 5.41) is 9.62. The first-order valence-corrected chi connectivity index (χ1v) is 11.9. The van der Waals surface area contributed by atoms with Crippen molar-refractivity contribution in [3.05, 3.63) is 89.5 Å². The average Bonchev–Trinajstić information content (AvgIpc) is 2.91. The zero-order chi connectivity index (χ0) is 28.3. The predicted octanol–water partition coefficient (Wildman–Crippen LogP) is 5.90. The Bertz CT molecular complexity index is 1530. The normalized spacial score (nSPS) is 10.7. The molecular formula is C29H28F2N4O4. The molecular weight excluding hydrogens is 506 g/mol. The van der Waals surface area contributed by atoms with Crippen LogP contribution in [0, 0.1) is 11.6 Å². The first-order chi connectivity index (χ1) is 18.6. The van der Waals surface area contributed by atoms with Gasteiger partial charge in [0.15, 0.2) is 0 Å². The van der Waals surface area contributed by atoms with E-state index >= 15 is 8.78 Å². The summed E-state index contributed by atoms with van der Waals surface area (Å²) in [7, 11) is 6.42. The number of carboxylic acids is 1. The van der Waals surface area contributed by atoms with Crippen LogP contribution in [-0.4, -0.2) is 44.3 Å². The zero-order valence-corrected chi connectivity index (χ0v) is 21.9. The van der Waals surface area contributed by atoms with Gasteiger partial charge in [-0.1, -0.05) is 30.3 Å². The van der Waals surface area contributed by atoms with Gasteiger partial charge in [-0.15, -0.1) is 0 Å². The first kappa shape index (κ1) is 27.3. The third-order valence-corrected chi connectivity index (χ3v) is 5.90. The van der Waals surface area contributed by atoms with Crippen LogP contribution in [0.2, 0.25) is 0 Å². The van der Waals surface area contributed by atoms with Gasteiger partial charge in [0, 0.05) is 46.5 Å². The van der Waals surface area contributed by atoms with E-state index in [9.17, 15) is 9.90 Å². The summed E-state index contributed by atoms with van der Waals surface area (Å²) in [5.74, 6) is -4.52. The number of aromatic nitrogens is 1. The summed E-state index contributed by atoms with van der Waals surface area (Å²) in [4.78, 5) is 18.7. The van der Waals surface area contributed by atoms with Gasteiger partial charge < -0.3 is 30.1 Å². The number of carbonyl (C=O) groups is 1. The second-order valence-corrected chi connectivity index (χ2v) is 9.11. The van der Waals surface area contributed by atoms with Crippen molar-refractivity contribution in [2.45, 2.75) is 6.54 Å². The number of nitrogens with zero attached hydrogens (tertiary/aromatic N) is 3. The maximum Gasteiger partial charge on any atom is 0.339 e. The molecule has 0 saturated heterocycles. The number of aromatic carboxylic acids is 1. The lowest BCUT2D eigenvalue weighted by Crippen LogP contribution is -2.15. The smallest absolute Gasteiger partial charge is 0.339 e. The quantitative estimate of drug-likeness (QED) is 0.274. The number of benzene rings is 3. The van der Waals surface area contributed by atoms with Crippen LogP contribution in [0.5, 0.6) is 23.3 Å². The molecule has 4 rings (SSSR count). The van der Waals surface area contributed by atoms with Crippen LogP contribution >= 0.6 is 0 Å². The minimum Gasteiger partial charge on any atom is -0.478 e. The van der Waals surface area contributed by atoms with Gasteiger partial charge in [0.1, 0.15) is 22.7 Å². The molecule has 4 aromatic rings. The summed E-state index contributed by atoms with van der Waals surface area (Å²) in [6.07, 6.45) is 0. The zero-order valence-electron chi connectivity index (χ0n) is 21.9. The Kier molecular flexibility index (Phi) is 7.96. The standard InChI is InChI=1S/C29H28F2N4O4/c1-34(2)20-11-12-22(29(36)37)23(15-20)39-28-25(31)26(35(3)4)24(30)27(33-28)38-21-10-6-9-19(14-21)18-8-5-7-17(13-18)16-32/h5-15H,16,32H2,1-4H3,(H,36,37). The third-order valence-electron chi connectivity index (χ3n) is 5.90. The van der Waals surface area contributed by atoms with Crippen molar-refractivity contribution in [1.82, 2.24) is 4.98 Å². The predicted molar refractivity (Wildman–Crippen MR) is 146 cm³/mol. The number of anilines is 2. The van der Waals surface area contributed by atoms with E-state index in [1.807, 2.05) is 30.3 Å². The number of nitrogens with two attached hydrogens (primary N) is 1. The van der Waals surface area contributed by atoms with Crippen LogP contribution in [0.3, 0.4) is 0 Å². The molecule has 0 aliphatic heterocycles. The number of carboxylic acid groups (broad SMARTS) is 1. The number of halogens is 2. The summed E-state index contributed by atoms with van der Waals surface area (Å²) in [5.41, 5.74) is 8.32. The molecule has 0 aliphatic carbocycles. The fourth-order valence-electron chi connectivity index (χ4n) is 3.90. The Morgan fingerprint density at radius 1 is 0.872 bits per heavy atom. The van der Waals surface area contributed by atoms with E-state index in [0.29, 0.717) is 12.2 Å². The highest BCUT2D eigenvalue weighted by molar-refractivity contribution is 5.91.